The Morgan fingerprint density at radius 2 is 1.72 bits per heavy atom. The fraction of sp³-hybridized carbons (Fsp3) is 0.636. The van der Waals surface area contributed by atoms with Crippen LogP contribution in [0, 0.1) is 5.92 Å². The molecule has 25 heavy (non-hydrogen) atoms. The van der Waals surface area contributed by atoms with Gasteiger partial charge in [0, 0.05) is 0 Å². The van der Waals surface area contributed by atoms with E-state index in [1.54, 1.807) is 0 Å². The summed E-state index contributed by atoms with van der Waals surface area (Å²) in [6, 6.07) is 8.62. The van der Waals surface area contributed by atoms with Gasteiger partial charge in [-0.1, -0.05) is 68.0 Å². The molecule has 1 saturated carbocycles. The second kappa shape index (κ2) is 6.92. The van der Waals surface area contributed by atoms with Crippen molar-refractivity contribution >= 4 is 14.9 Å². The number of hydrogen-bond donors (Lipinski definition) is 0. The van der Waals surface area contributed by atoms with Gasteiger partial charge in [-0.05, 0) is 44.2 Å². The van der Waals surface area contributed by atoms with E-state index < -0.39 is 8.84 Å². The van der Waals surface area contributed by atoms with Crippen LogP contribution in [-0.2, 0) is 4.46 Å². The summed E-state index contributed by atoms with van der Waals surface area (Å²) in [6.07, 6.45) is 10.3. The van der Waals surface area contributed by atoms with Gasteiger partial charge in [0.05, 0.1) is 19.6 Å². The Balaban J connectivity index is 1.93. The average molecular weight is 357 g/mol. The van der Waals surface area contributed by atoms with Crippen LogP contribution in [0.1, 0.15) is 76.0 Å². The molecule has 0 aromatic heterocycles. The molecule has 0 amide bonds. The first kappa shape index (κ1) is 18.7. The van der Waals surface area contributed by atoms with Crippen molar-refractivity contribution in [2.45, 2.75) is 70.4 Å². The molecular weight excluding hydrogens is 322 g/mol. The van der Waals surface area contributed by atoms with E-state index in [0.717, 1.165) is 12.3 Å². The predicted octanol–water partition coefficient (Wildman–Crippen LogP) is 5.47. The van der Waals surface area contributed by atoms with Crippen molar-refractivity contribution in [2.24, 2.45) is 5.92 Å². The highest BCUT2D eigenvalue weighted by Crippen LogP contribution is 2.43. The number of nitrogens with zero attached hydrogens (tertiary/aromatic N) is 1. The summed E-state index contributed by atoms with van der Waals surface area (Å²) in [5.41, 5.74) is 4.13. The van der Waals surface area contributed by atoms with Crippen molar-refractivity contribution in [2.75, 3.05) is 14.1 Å². The van der Waals surface area contributed by atoms with Crippen molar-refractivity contribution < 1.29 is 8.61 Å². The molecule has 1 aromatic rings. The van der Waals surface area contributed by atoms with E-state index in [-0.39, 0.29) is 11.1 Å². The second-order valence-electron chi connectivity index (χ2n) is 9.45. The molecule has 1 fully saturated rings. The van der Waals surface area contributed by atoms with Gasteiger partial charge in [-0.2, -0.15) is 0 Å². The van der Waals surface area contributed by atoms with Gasteiger partial charge in [0.2, 0.25) is 0 Å². The molecule has 0 spiro atoms. The number of quaternary nitrogens is 1. The zero-order chi connectivity index (χ0) is 18.2. The van der Waals surface area contributed by atoms with Crippen molar-refractivity contribution in [3.8, 4) is 0 Å². The summed E-state index contributed by atoms with van der Waals surface area (Å²) < 4.78 is 14.4. The molecule has 0 radical (unpaired) electrons. The molecular formula is C22H34NOSi+. The SMILES string of the molecule is CC(C)(C)[N+](C)(C)[Si](=O)C1C(CC2CCCCC2)=Cc2ccccc21. The van der Waals surface area contributed by atoms with E-state index in [1.807, 2.05) is 0 Å². The smallest absolute Gasteiger partial charge is 0.328 e. The first-order chi connectivity index (χ1) is 11.7. The molecule has 136 valence electrons. The zero-order valence-electron chi connectivity index (χ0n) is 16.6. The maximum atomic E-state index is 13.8. The van der Waals surface area contributed by atoms with Crippen molar-refractivity contribution in [3.63, 3.8) is 0 Å². The molecule has 0 bridgehead atoms. The molecule has 2 aliphatic rings. The number of allylic oxidation sites excluding steroid dienone is 1. The largest absolute Gasteiger partial charge is 0.565 e. The summed E-state index contributed by atoms with van der Waals surface area (Å²) in [5, 5.41) is 0. The van der Waals surface area contributed by atoms with Crippen LogP contribution in [0.4, 0.5) is 0 Å². The van der Waals surface area contributed by atoms with Crippen LogP contribution < -0.4 is 0 Å². The third-order valence-corrected chi connectivity index (χ3v) is 9.69. The Hall–Kier alpha value is -1.06. The van der Waals surface area contributed by atoms with Crippen LogP contribution in [0.2, 0.25) is 0 Å². The first-order valence-corrected chi connectivity index (χ1v) is 11.3. The Morgan fingerprint density at radius 1 is 1.08 bits per heavy atom. The summed E-state index contributed by atoms with van der Waals surface area (Å²) in [7, 11) is 2.42. The summed E-state index contributed by atoms with van der Waals surface area (Å²) in [6.45, 7) is 6.63. The van der Waals surface area contributed by atoms with Crippen LogP contribution in [0.3, 0.4) is 0 Å². The minimum Gasteiger partial charge on any atom is -0.328 e. The number of hydrogen-bond acceptors (Lipinski definition) is 1. The van der Waals surface area contributed by atoms with Crippen molar-refractivity contribution in [1.82, 2.24) is 0 Å². The van der Waals surface area contributed by atoms with Crippen LogP contribution in [0.15, 0.2) is 29.8 Å². The van der Waals surface area contributed by atoms with Crippen molar-refractivity contribution in [1.29, 1.82) is 0 Å². The van der Waals surface area contributed by atoms with Crippen molar-refractivity contribution in [3.05, 3.63) is 41.0 Å². The topological polar surface area (TPSA) is 17.1 Å². The normalized spacial score (nSPS) is 21.8. The number of rotatable bonds is 4. The lowest BCUT2D eigenvalue weighted by molar-refractivity contribution is -0.838. The van der Waals surface area contributed by atoms with Crippen LogP contribution in [0.25, 0.3) is 6.08 Å². The third kappa shape index (κ3) is 3.59. The quantitative estimate of drug-likeness (QED) is 0.654. The highest BCUT2D eigenvalue weighted by Gasteiger charge is 2.49. The number of benzene rings is 1. The van der Waals surface area contributed by atoms with Gasteiger partial charge in [0.25, 0.3) is 0 Å². The molecule has 0 N–H and O–H groups in total. The fourth-order valence-electron chi connectivity index (χ4n) is 4.23. The highest BCUT2D eigenvalue weighted by atomic mass is 28.3. The Bertz CT molecular complexity index is 678. The predicted molar refractivity (Wildman–Crippen MR) is 107 cm³/mol. The zero-order valence-corrected chi connectivity index (χ0v) is 17.6. The fourth-order valence-corrected chi connectivity index (χ4v) is 6.59. The molecule has 0 aliphatic heterocycles. The van der Waals surface area contributed by atoms with E-state index in [0.29, 0.717) is 4.15 Å². The lowest BCUT2D eigenvalue weighted by atomic mass is 9.84. The maximum Gasteiger partial charge on any atom is 0.565 e. The first-order valence-electron chi connectivity index (χ1n) is 9.89. The molecule has 2 nitrogen and oxygen atoms in total. The maximum absolute atomic E-state index is 13.8. The molecule has 1 unspecified atom stereocenters. The lowest BCUT2D eigenvalue weighted by Gasteiger charge is -2.42. The minimum atomic E-state index is -1.89. The van der Waals surface area contributed by atoms with Gasteiger partial charge >= 0.3 is 8.84 Å². The van der Waals surface area contributed by atoms with E-state index in [4.69, 9.17) is 0 Å². The van der Waals surface area contributed by atoms with Gasteiger partial charge in [-0.15, -0.1) is 0 Å². The standard InChI is InChI=1S/C22H34NOSi/c1-22(2,3)23(4,5)25(24)21-19(15-17-11-7-6-8-12-17)16-18-13-9-10-14-20(18)21/h9-10,13-14,16-17,21H,6-8,11-12,15H2,1-5H3/q+1. The summed E-state index contributed by atoms with van der Waals surface area (Å²) >= 11 is 0. The van der Waals surface area contributed by atoms with Gasteiger partial charge in [-0.25, -0.2) is 0 Å². The average Bonchev–Trinajstić information content (AvgIpc) is 2.91. The molecule has 0 heterocycles. The van der Waals surface area contributed by atoms with Crippen LogP contribution in [-0.4, -0.2) is 32.6 Å². The molecule has 3 rings (SSSR count). The molecule has 0 saturated heterocycles. The van der Waals surface area contributed by atoms with E-state index in [9.17, 15) is 4.46 Å². The highest BCUT2D eigenvalue weighted by molar-refractivity contribution is 6.38. The van der Waals surface area contributed by atoms with Gasteiger partial charge < -0.3 is 8.61 Å². The number of fused-ring (bicyclic) bond motifs is 1. The van der Waals surface area contributed by atoms with Gasteiger partial charge in [0.1, 0.15) is 5.54 Å². The lowest BCUT2D eigenvalue weighted by Crippen LogP contribution is -2.61. The van der Waals surface area contributed by atoms with Crippen LogP contribution >= 0.6 is 0 Å². The van der Waals surface area contributed by atoms with Crippen LogP contribution in [0.5, 0.6) is 0 Å². The Kier molecular flexibility index (Phi) is 5.18. The third-order valence-electron chi connectivity index (χ3n) is 6.74. The minimum absolute atomic E-state index is 0.0243. The molecule has 1 atom stereocenters. The van der Waals surface area contributed by atoms with Gasteiger partial charge in [-0.3, -0.25) is 0 Å². The molecule has 3 heteroatoms. The molecule has 2 aliphatic carbocycles. The second-order valence-corrected chi connectivity index (χ2v) is 11.8. The van der Waals surface area contributed by atoms with E-state index in [2.05, 4.69) is 65.2 Å². The Labute approximate surface area is 155 Å². The van der Waals surface area contributed by atoms with E-state index in [1.165, 1.54) is 48.8 Å². The van der Waals surface area contributed by atoms with E-state index >= 15 is 0 Å². The Morgan fingerprint density at radius 3 is 2.36 bits per heavy atom. The summed E-state index contributed by atoms with van der Waals surface area (Å²) in [5.74, 6) is 0.789. The summed E-state index contributed by atoms with van der Waals surface area (Å²) in [4.78, 5) is 0. The molecule has 1 aromatic carbocycles. The van der Waals surface area contributed by atoms with Gasteiger partial charge in [0.15, 0.2) is 0 Å². The monoisotopic (exact) mass is 356 g/mol.